The van der Waals surface area contributed by atoms with Crippen LogP contribution >= 0.6 is 0 Å². The number of rotatable bonds is 2. The zero-order valence-corrected chi connectivity index (χ0v) is 5.56. The van der Waals surface area contributed by atoms with Gasteiger partial charge in [0.25, 0.3) is 0 Å². The Morgan fingerprint density at radius 1 is 1.60 bits per heavy atom. The molecule has 0 amide bonds. The molecule has 0 bridgehead atoms. The standard InChI is InChI=1S/C6H11F2NO/c7-6(8)1-4(2-6)5(9)3-10/h4-5,10H,1-3,9H2/t5-/m0/s1. The number of hydrogen-bond acceptors (Lipinski definition) is 2. The summed E-state index contributed by atoms with van der Waals surface area (Å²) in [5.41, 5.74) is 5.32. The predicted molar refractivity (Wildman–Crippen MR) is 32.7 cm³/mol. The lowest BCUT2D eigenvalue weighted by Gasteiger charge is -2.37. The second kappa shape index (κ2) is 2.43. The lowest BCUT2D eigenvalue weighted by atomic mass is 9.77. The monoisotopic (exact) mass is 151 g/mol. The first kappa shape index (κ1) is 7.88. The van der Waals surface area contributed by atoms with Gasteiger partial charge in [0.15, 0.2) is 0 Å². The maximum atomic E-state index is 12.1. The molecule has 10 heavy (non-hydrogen) atoms. The van der Waals surface area contributed by atoms with Crippen LogP contribution in [0.5, 0.6) is 0 Å². The van der Waals surface area contributed by atoms with Crippen LogP contribution in [0, 0.1) is 5.92 Å². The molecule has 1 saturated carbocycles. The molecular weight excluding hydrogens is 140 g/mol. The van der Waals surface area contributed by atoms with E-state index in [9.17, 15) is 8.78 Å². The van der Waals surface area contributed by atoms with E-state index in [2.05, 4.69) is 0 Å². The van der Waals surface area contributed by atoms with Crippen molar-refractivity contribution in [2.24, 2.45) is 11.7 Å². The Balaban J connectivity index is 2.26. The fraction of sp³-hybridized carbons (Fsp3) is 1.00. The number of hydrogen-bond donors (Lipinski definition) is 2. The van der Waals surface area contributed by atoms with Crippen LogP contribution in [0.25, 0.3) is 0 Å². The Labute approximate surface area is 58.0 Å². The summed E-state index contributed by atoms with van der Waals surface area (Å²) >= 11 is 0. The molecule has 60 valence electrons. The molecule has 0 saturated heterocycles. The maximum Gasteiger partial charge on any atom is 0.248 e. The number of alkyl halides is 2. The van der Waals surface area contributed by atoms with E-state index in [1.165, 1.54) is 0 Å². The summed E-state index contributed by atoms with van der Waals surface area (Å²) in [6, 6.07) is -0.459. The maximum absolute atomic E-state index is 12.1. The summed E-state index contributed by atoms with van der Waals surface area (Å²) in [5, 5.41) is 8.47. The van der Waals surface area contributed by atoms with Crippen molar-refractivity contribution in [3.63, 3.8) is 0 Å². The van der Waals surface area contributed by atoms with Gasteiger partial charge in [-0.25, -0.2) is 8.78 Å². The first-order valence-corrected chi connectivity index (χ1v) is 3.29. The quantitative estimate of drug-likeness (QED) is 0.598. The Hall–Kier alpha value is -0.220. The molecule has 2 nitrogen and oxygen atoms in total. The second-order valence-electron chi connectivity index (χ2n) is 2.87. The first-order valence-electron chi connectivity index (χ1n) is 3.29. The van der Waals surface area contributed by atoms with Gasteiger partial charge in [0, 0.05) is 18.9 Å². The summed E-state index contributed by atoms with van der Waals surface area (Å²) in [6.45, 7) is -0.194. The van der Waals surface area contributed by atoms with Gasteiger partial charge in [0.1, 0.15) is 0 Å². The molecule has 0 unspecified atom stereocenters. The molecule has 0 aromatic rings. The lowest BCUT2D eigenvalue weighted by molar-refractivity contribution is -0.119. The SMILES string of the molecule is N[C@@H](CO)C1CC(F)(F)C1. The molecular formula is C6H11F2NO. The molecule has 1 atom stereocenters. The molecule has 4 heteroatoms. The smallest absolute Gasteiger partial charge is 0.248 e. The van der Waals surface area contributed by atoms with Gasteiger partial charge in [-0.1, -0.05) is 0 Å². The van der Waals surface area contributed by atoms with Crippen LogP contribution in [0.4, 0.5) is 8.78 Å². The van der Waals surface area contributed by atoms with E-state index in [4.69, 9.17) is 10.8 Å². The van der Waals surface area contributed by atoms with Crippen molar-refractivity contribution in [2.45, 2.75) is 24.8 Å². The molecule has 1 rings (SSSR count). The van der Waals surface area contributed by atoms with E-state index in [0.717, 1.165) is 0 Å². The lowest BCUT2D eigenvalue weighted by Crippen LogP contribution is -2.47. The molecule has 1 aliphatic rings. The van der Waals surface area contributed by atoms with E-state index in [1.807, 2.05) is 0 Å². The van der Waals surface area contributed by atoms with Crippen molar-refractivity contribution in [2.75, 3.05) is 6.61 Å². The Morgan fingerprint density at radius 3 is 2.40 bits per heavy atom. The van der Waals surface area contributed by atoms with Gasteiger partial charge in [-0.05, 0) is 5.92 Å². The summed E-state index contributed by atoms with van der Waals surface area (Å²) in [7, 11) is 0. The van der Waals surface area contributed by atoms with Gasteiger partial charge < -0.3 is 10.8 Å². The van der Waals surface area contributed by atoms with Crippen LogP contribution in [-0.2, 0) is 0 Å². The number of aliphatic hydroxyl groups is 1. The number of nitrogens with two attached hydrogens (primary N) is 1. The summed E-state index contributed by atoms with van der Waals surface area (Å²) in [5.74, 6) is -2.70. The Morgan fingerprint density at radius 2 is 2.10 bits per heavy atom. The van der Waals surface area contributed by atoms with E-state index >= 15 is 0 Å². The molecule has 0 aliphatic heterocycles. The van der Waals surface area contributed by atoms with E-state index < -0.39 is 12.0 Å². The molecule has 1 aliphatic carbocycles. The minimum atomic E-state index is -2.52. The van der Waals surface area contributed by atoms with Crippen molar-refractivity contribution in [1.82, 2.24) is 0 Å². The highest BCUT2D eigenvalue weighted by atomic mass is 19.3. The van der Waals surface area contributed by atoms with Crippen molar-refractivity contribution in [3.8, 4) is 0 Å². The van der Waals surface area contributed by atoms with E-state index in [0.29, 0.717) is 0 Å². The average molecular weight is 151 g/mol. The molecule has 0 spiro atoms. The number of aliphatic hydroxyl groups excluding tert-OH is 1. The van der Waals surface area contributed by atoms with Gasteiger partial charge in [0.05, 0.1) is 6.61 Å². The molecule has 0 radical (unpaired) electrons. The minimum absolute atomic E-state index is 0.158. The molecule has 0 aromatic heterocycles. The Bertz CT molecular complexity index is 121. The van der Waals surface area contributed by atoms with Crippen LogP contribution in [0.1, 0.15) is 12.8 Å². The van der Waals surface area contributed by atoms with Gasteiger partial charge in [-0.2, -0.15) is 0 Å². The highest BCUT2D eigenvalue weighted by Gasteiger charge is 2.47. The van der Waals surface area contributed by atoms with E-state index in [-0.39, 0.29) is 25.4 Å². The van der Waals surface area contributed by atoms with Crippen molar-refractivity contribution in [1.29, 1.82) is 0 Å². The third-order valence-corrected chi connectivity index (χ3v) is 1.94. The van der Waals surface area contributed by atoms with Gasteiger partial charge >= 0.3 is 0 Å². The molecule has 0 aromatic carbocycles. The average Bonchev–Trinajstić information content (AvgIpc) is 1.81. The number of halogens is 2. The van der Waals surface area contributed by atoms with Crippen molar-refractivity contribution in [3.05, 3.63) is 0 Å². The minimum Gasteiger partial charge on any atom is -0.395 e. The first-order chi connectivity index (χ1) is 4.55. The van der Waals surface area contributed by atoms with E-state index in [1.54, 1.807) is 0 Å². The predicted octanol–water partition coefficient (Wildman–Crippen LogP) is 0.351. The topological polar surface area (TPSA) is 46.2 Å². The zero-order valence-electron chi connectivity index (χ0n) is 5.56. The molecule has 1 fully saturated rings. The highest BCUT2D eigenvalue weighted by Crippen LogP contribution is 2.43. The van der Waals surface area contributed by atoms with Crippen LogP contribution in [0.15, 0.2) is 0 Å². The Kier molecular flexibility index (Phi) is 1.92. The van der Waals surface area contributed by atoms with Crippen molar-refractivity contribution < 1.29 is 13.9 Å². The largest absolute Gasteiger partial charge is 0.395 e. The fourth-order valence-electron chi connectivity index (χ4n) is 1.16. The summed E-state index contributed by atoms with van der Waals surface area (Å²) in [4.78, 5) is 0. The molecule has 0 heterocycles. The van der Waals surface area contributed by atoms with Gasteiger partial charge in [-0.3, -0.25) is 0 Å². The van der Waals surface area contributed by atoms with Crippen LogP contribution in [-0.4, -0.2) is 23.7 Å². The van der Waals surface area contributed by atoms with Crippen LogP contribution in [0.3, 0.4) is 0 Å². The third kappa shape index (κ3) is 1.44. The third-order valence-electron chi connectivity index (χ3n) is 1.94. The van der Waals surface area contributed by atoms with Crippen LogP contribution in [0.2, 0.25) is 0 Å². The second-order valence-corrected chi connectivity index (χ2v) is 2.87. The highest BCUT2D eigenvalue weighted by molar-refractivity contribution is 4.91. The zero-order chi connectivity index (χ0) is 7.78. The molecule has 3 N–H and O–H groups in total. The van der Waals surface area contributed by atoms with Gasteiger partial charge in [0.2, 0.25) is 5.92 Å². The fourth-order valence-corrected chi connectivity index (χ4v) is 1.16. The van der Waals surface area contributed by atoms with Crippen LogP contribution < -0.4 is 5.73 Å². The van der Waals surface area contributed by atoms with Gasteiger partial charge in [-0.15, -0.1) is 0 Å². The normalized spacial score (nSPS) is 27.6. The summed E-state index contributed by atoms with van der Waals surface area (Å²) in [6.07, 6.45) is -0.316. The summed E-state index contributed by atoms with van der Waals surface area (Å²) < 4.78 is 24.3. The van der Waals surface area contributed by atoms with Crippen molar-refractivity contribution >= 4 is 0 Å².